The number of rotatable bonds is 5. The number of H-pyrrole nitrogens is 1. The highest BCUT2D eigenvalue weighted by Gasteiger charge is 2.25. The van der Waals surface area contributed by atoms with Crippen molar-refractivity contribution in [3.63, 3.8) is 0 Å². The summed E-state index contributed by atoms with van der Waals surface area (Å²) in [6, 6.07) is 4.88. The number of nitrogens with zero attached hydrogens (tertiary/aromatic N) is 2. The number of nitrogens with two attached hydrogens (primary N) is 1. The Bertz CT molecular complexity index is 763. The fraction of sp³-hybridized carbons (Fsp3) is 0.385. The van der Waals surface area contributed by atoms with Gasteiger partial charge in [0.05, 0.1) is 11.0 Å². The number of hydrogen-bond donors (Lipinski definition) is 2. The molecule has 0 spiro atoms. The topological polar surface area (TPSA) is 109 Å². The molecule has 0 atom stereocenters. The van der Waals surface area contributed by atoms with Gasteiger partial charge in [0.1, 0.15) is 5.75 Å². The summed E-state index contributed by atoms with van der Waals surface area (Å²) >= 11 is 0. The van der Waals surface area contributed by atoms with Crippen LogP contribution in [0.1, 0.15) is 13.8 Å². The Morgan fingerprint density at radius 2 is 2.00 bits per heavy atom. The van der Waals surface area contributed by atoms with Crippen molar-refractivity contribution in [2.75, 3.05) is 24.6 Å². The van der Waals surface area contributed by atoms with Crippen LogP contribution in [-0.2, 0) is 14.6 Å². The molecule has 2 rings (SSSR count). The Kier molecular flexibility index (Phi) is 4.17. The predicted octanol–water partition coefficient (Wildman–Crippen LogP) is 0.787. The van der Waals surface area contributed by atoms with E-state index in [-0.39, 0.29) is 5.16 Å². The van der Waals surface area contributed by atoms with Crippen LogP contribution in [0.15, 0.2) is 23.4 Å². The van der Waals surface area contributed by atoms with E-state index in [0.29, 0.717) is 29.8 Å². The van der Waals surface area contributed by atoms with Crippen LogP contribution >= 0.6 is 0 Å². The second-order valence-corrected chi connectivity index (χ2v) is 6.55. The van der Waals surface area contributed by atoms with Gasteiger partial charge in [-0.2, -0.15) is 0 Å². The maximum absolute atomic E-state index is 12.3. The average Bonchev–Trinajstić information content (AvgIpc) is 2.83. The first-order chi connectivity index (χ1) is 9.87. The molecule has 0 aliphatic heterocycles. The fourth-order valence-electron chi connectivity index (χ4n) is 2.05. The smallest absolute Gasteiger partial charge is 0.238 e. The highest BCUT2D eigenvalue weighted by atomic mass is 32.2. The van der Waals surface area contributed by atoms with E-state index in [1.165, 1.54) is 4.90 Å². The molecule has 0 aliphatic rings. The van der Waals surface area contributed by atoms with Crippen molar-refractivity contribution < 1.29 is 13.2 Å². The second kappa shape index (κ2) is 5.72. The van der Waals surface area contributed by atoms with Gasteiger partial charge in [-0.15, -0.1) is 0 Å². The molecule has 0 saturated carbocycles. The summed E-state index contributed by atoms with van der Waals surface area (Å²) in [5, 5.41) is -0.205. The first-order valence-corrected chi connectivity index (χ1v) is 8.28. The first kappa shape index (κ1) is 15.3. The first-order valence-electron chi connectivity index (χ1n) is 6.63. The highest BCUT2D eigenvalue weighted by molar-refractivity contribution is 7.91. The van der Waals surface area contributed by atoms with Gasteiger partial charge in [0.25, 0.3) is 0 Å². The van der Waals surface area contributed by atoms with E-state index in [2.05, 4.69) is 9.97 Å². The molecule has 0 fully saturated rings. The number of aromatic amines is 1. The zero-order valence-corrected chi connectivity index (χ0v) is 12.8. The third kappa shape index (κ3) is 3.15. The molecule has 0 aliphatic carbocycles. The Hall–Kier alpha value is -2.09. The Morgan fingerprint density at radius 3 is 2.62 bits per heavy atom. The van der Waals surface area contributed by atoms with Crippen LogP contribution in [0, 0.1) is 0 Å². The minimum Gasteiger partial charge on any atom is -0.399 e. The van der Waals surface area contributed by atoms with Crippen LogP contribution in [0.2, 0.25) is 0 Å². The molecule has 1 amide bonds. The van der Waals surface area contributed by atoms with Gasteiger partial charge in [0.2, 0.25) is 20.9 Å². The summed E-state index contributed by atoms with van der Waals surface area (Å²) in [6.07, 6.45) is 0. The number of amides is 1. The minimum atomic E-state index is -3.80. The van der Waals surface area contributed by atoms with Crippen molar-refractivity contribution in [2.24, 2.45) is 0 Å². The van der Waals surface area contributed by atoms with Crippen molar-refractivity contribution in [2.45, 2.75) is 19.0 Å². The largest absolute Gasteiger partial charge is 0.399 e. The molecular weight excluding hydrogens is 292 g/mol. The fourth-order valence-corrected chi connectivity index (χ4v) is 3.20. The standard InChI is InChI=1S/C13H18N4O3S/c1-3-17(4-2)12(18)8-21(19,20)13-15-10-6-5-9(14)7-11(10)16-13/h5-7H,3-4,8,14H2,1-2H3,(H,15,16). The lowest BCUT2D eigenvalue weighted by Gasteiger charge is -2.17. The molecule has 3 N–H and O–H groups in total. The van der Waals surface area contributed by atoms with E-state index in [1.807, 2.05) is 0 Å². The maximum atomic E-state index is 12.3. The monoisotopic (exact) mass is 310 g/mol. The molecule has 0 saturated heterocycles. The summed E-state index contributed by atoms with van der Waals surface area (Å²) in [5.41, 5.74) is 7.18. The zero-order chi connectivity index (χ0) is 15.6. The van der Waals surface area contributed by atoms with Gasteiger partial charge in [-0.05, 0) is 32.0 Å². The molecule has 0 bridgehead atoms. The van der Waals surface area contributed by atoms with Crippen LogP contribution in [0.4, 0.5) is 5.69 Å². The van der Waals surface area contributed by atoms with Crippen LogP contribution in [0.5, 0.6) is 0 Å². The summed E-state index contributed by atoms with van der Waals surface area (Å²) in [5.74, 6) is -1.02. The lowest BCUT2D eigenvalue weighted by molar-refractivity contribution is -0.128. The van der Waals surface area contributed by atoms with E-state index in [9.17, 15) is 13.2 Å². The molecule has 8 heteroatoms. The molecule has 1 aromatic heterocycles. The van der Waals surface area contributed by atoms with Crippen LogP contribution in [0.3, 0.4) is 0 Å². The lowest BCUT2D eigenvalue weighted by atomic mass is 10.3. The zero-order valence-electron chi connectivity index (χ0n) is 12.0. The number of aromatic nitrogens is 2. The van der Waals surface area contributed by atoms with E-state index in [0.717, 1.165) is 0 Å². The second-order valence-electron chi connectivity index (χ2n) is 4.64. The maximum Gasteiger partial charge on any atom is 0.238 e. The number of anilines is 1. The predicted molar refractivity (Wildman–Crippen MR) is 80.5 cm³/mol. The molecule has 2 aromatic rings. The molecule has 7 nitrogen and oxygen atoms in total. The van der Waals surface area contributed by atoms with Gasteiger partial charge in [-0.25, -0.2) is 13.4 Å². The summed E-state index contributed by atoms with van der Waals surface area (Å²) in [4.78, 5) is 20.1. The summed E-state index contributed by atoms with van der Waals surface area (Å²) < 4.78 is 24.5. The van der Waals surface area contributed by atoms with E-state index in [4.69, 9.17) is 5.73 Å². The van der Waals surface area contributed by atoms with Crippen LogP contribution < -0.4 is 5.73 Å². The number of imidazole rings is 1. The number of nitrogens with one attached hydrogen (secondary N) is 1. The molecular formula is C13H18N4O3S. The van der Waals surface area contributed by atoms with Crippen molar-refractivity contribution in [3.8, 4) is 0 Å². The van der Waals surface area contributed by atoms with E-state index in [1.54, 1.807) is 32.0 Å². The molecule has 0 radical (unpaired) electrons. The molecule has 21 heavy (non-hydrogen) atoms. The number of carbonyl (C=O) groups excluding carboxylic acids is 1. The number of carbonyl (C=O) groups is 1. The third-order valence-corrected chi connectivity index (χ3v) is 4.62. The number of hydrogen-bond acceptors (Lipinski definition) is 5. The molecule has 1 aromatic carbocycles. The SMILES string of the molecule is CCN(CC)C(=O)CS(=O)(=O)c1nc2ccc(N)cc2[nH]1. The van der Waals surface area contributed by atoms with Crippen molar-refractivity contribution in [1.82, 2.24) is 14.9 Å². The molecule has 114 valence electrons. The van der Waals surface area contributed by atoms with Crippen LogP contribution in [0.25, 0.3) is 11.0 Å². The number of fused-ring (bicyclic) bond motifs is 1. The van der Waals surface area contributed by atoms with Gasteiger partial charge in [-0.3, -0.25) is 4.79 Å². The quantitative estimate of drug-likeness (QED) is 0.793. The normalized spacial score (nSPS) is 11.7. The summed E-state index contributed by atoms with van der Waals surface area (Å²) in [7, 11) is -3.80. The van der Waals surface area contributed by atoms with E-state index >= 15 is 0 Å². The summed E-state index contributed by atoms with van der Waals surface area (Å²) in [6.45, 7) is 4.55. The number of benzene rings is 1. The van der Waals surface area contributed by atoms with Crippen molar-refractivity contribution in [1.29, 1.82) is 0 Å². The average molecular weight is 310 g/mol. The van der Waals surface area contributed by atoms with Gasteiger partial charge in [0.15, 0.2) is 0 Å². The highest BCUT2D eigenvalue weighted by Crippen LogP contribution is 2.18. The van der Waals surface area contributed by atoms with E-state index < -0.39 is 21.5 Å². The molecule has 1 heterocycles. The van der Waals surface area contributed by atoms with Crippen molar-refractivity contribution in [3.05, 3.63) is 18.2 Å². The van der Waals surface area contributed by atoms with Gasteiger partial charge < -0.3 is 15.6 Å². The van der Waals surface area contributed by atoms with Crippen LogP contribution in [-0.4, -0.2) is 48.0 Å². The number of sulfone groups is 1. The third-order valence-electron chi connectivity index (χ3n) is 3.21. The Labute approximate surface area is 123 Å². The van der Waals surface area contributed by atoms with Crippen molar-refractivity contribution >= 4 is 32.5 Å². The Morgan fingerprint density at radius 1 is 1.33 bits per heavy atom. The van der Waals surface area contributed by atoms with Gasteiger partial charge >= 0.3 is 0 Å². The Balaban J connectivity index is 2.31. The molecule has 0 unspecified atom stereocenters. The van der Waals surface area contributed by atoms with Gasteiger partial charge in [0, 0.05) is 18.8 Å². The minimum absolute atomic E-state index is 0.205. The van der Waals surface area contributed by atoms with Gasteiger partial charge in [-0.1, -0.05) is 0 Å². The number of nitrogen functional groups attached to an aromatic ring is 1. The lowest BCUT2D eigenvalue weighted by Crippen LogP contribution is -2.35.